The highest BCUT2D eigenvalue weighted by molar-refractivity contribution is 5.99. The van der Waals surface area contributed by atoms with E-state index in [2.05, 4.69) is 9.72 Å². The number of carbonyl (C=O) groups is 2. The number of fused-ring (bicyclic) bond motifs is 1. The second kappa shape index (κ2) is 4.97. The molecular formula is C14H13NO4. The molecule has 0 saturated carbocycles. The Bertz CT molecular complexity index is 682. The van der Waals surface area contributed by atoms with Gasteiger partial charge in [-0.3, -0.25) is 0 Å². The molecule has 0 aliphatic rings. The minimum absolute atomic E-state index is 0.248. The van der Waals surface area contributed by atoms with Crippen LogP contribution in [0.2, 0.25) is 0 Å². The van der Waals surface area contributed by atoms with Crippen molar-refractivity contribution < 1.29 is 19.4 Å². The summed E-state index contributed by atoms with van der Waals surface area (Å²) in [5.74, 6) is -1.36. The molecule has 0 unspecified atom stereocenters. The maximum Gasteiger partial charge on any atom is 0.337 e. The summed E-state index contributed by atoms with van der Waals surface area (Å²) in [5.41, 5.74) is 2.22. The van der Waals surface area contributed by atoms with Crippen molar-refractivity contribution in [3.63, 3.8) is 0 Å². The van der Waals surface area contributed by atoms with E-state index in [1.165, 1.54) is 14.0 Å². The number of aliphatic carboxylic acids is 1. The van der Waals surface area contributed by atoms with Crippen LogP contribution in [0.3, 0.4) is 0 Å². The van der Waals surface area contributed by atoms with Gasteiger partial charge in [0.2, 0.25) is 0 Å². The van der Waals surface area contributed by atoms with Crippen molar-refractivity contribution in [3.8, 4) is 0 Å². The summed E-state index contributed by atoms with van der Waals surface area (Å²) < 4.78 is 4.65. The number of nitrogens with one attached hydrogen (secondary N) is 1. The largest absolute Gasteiger partial charge is 0.478 e. The molecule has 0 spiro atoms. The summed E-state index contributed by atoms with van der Waals surface area (Å²) in [6.07, 6.45) is 3.29. The summed E-state index contributed by atoms with van der Waals surface area (Å²) in [7, 11) is 1.33. The molecule has 98 valence electrons. The third-order valence-electron chi connectivity index (χ3n) is 2.84. The van der Waals surface area contributed by atoms with Gasteiger partial charge < -0.3 is 14.8 Å². The molecular weight excluding hydrogens is 246 g/mol. The molecule has 0 amide bonds. The fraction of sp³-hybridized carbons (Fsp3) is 0.143. The highest BCUT2D eigenvalue weighted by atomic mass is 16.5. The lowest BCUT2D eigenvalue weighted by Gasteiger charge is -1.99. The summed E-state index contributed by atoms with van der Waals surface area (Å²) in [5, 5.41) is 9.72. The maximum atomic E-state index is 11.4. The predicted octanol–water partition coefficient (Wildman–Crippen LogP) is 2.44. The van der Waals surface area contributed by atoms with Crippen molar-refractivity contribution in [2.45, 2.75) is 6.92 Å². The lowest BCUT2D eigenvalue weighted by molar-refractivity contribution is -0.132. The van der Waals surface area contributed by atoms with E-state index in [1.807, 2.05) is 0 Å². The molecule has 0 fully saturated rings. The second-order valence-corrected chi connectivity index (χ2v) is 4.13. The van der Waals surface area contributed by atoms with Gasteiger partial charge in [-0.05, 0) is 25.1 Å². The van der Waals surface area contributed by atoms with Gasteiger partial charge in [0.15, 0.2) is 0 Å². The Morgan fingerprint density at radius 2 is 2.11 bits per heavy atom. The van der Waals surface area contributed by atoms with Crippen molar-refractivity contribution in [1.29, 1.82) is 0 Å². The molecule has 2 rings (SSSR count). The molecule has 5 nitrogen and oxygen atoms in total. The van der Waals surface area contributed by atoms with Crippen LogP contribution in [0.5, 0.6) is 0 Å². The summed E-state index contributed by atoms with van der Waals surface area (Å²) in [6.45, 7) is 1.53. The van der Waals surface area contributed by atoms with Gasteiger partial charge >= 0.3 is 11.9 Å². The second-order valence-electron chi connectivity index (χ2n) is 4.13. The lowest BCUT2D eigenvalue weighted by atomic mass is 10.1. The van der Waals surface area contributed by atoms with E-state index in [9.17, 15) is 9.59 Å². The number of H-pyrrole nitrogens is 1. The number of ether oxygens (including phenoxy) is 1. The Balaban J connectivity index is 2.48. The standard InChI is InChI=1S/C14H13NO4/c1-8(13(16)17)5-10-7-15-12-6-9(14(18)19-2)3-4-11(10)12/h3-7,15H,1-2H3,(H,16,17)/b8-5+. The molecule has 2 N–H and O–H groups in total. The molecule has 2 aromatic rings. The molecule has 0 aliphatic carbocycles. The van der Waals surface area contributed by atoms with Crippen molar-refractivity contribution >= 4 is 28.9 Å². The monoisotopic (exact) mass is 259 g/mol. The summed E-state index contributed by atoms with van der Waals surface area (Å²) >= 11 is 0. The smallest absolute Gasteiger partial charge is 0.337 e. The number of hydrogen-bond donors (Lipinski definition) is 2. The fourth-order valence-corrected chi connectivity index (χ4v) is 1.81. The zero-order valence-electron chi connectivity index (χ0n) is 10.6. The van der Waals surface area contributed by atoms with Crippen molar-refractivity contribution in [2.75, 3.05) is 7.11 Å². The van der Waals surface area contributed by atoms with E-state index in [0.717, 1.165) is 16.5 Å². The summed E-state index contributed by atoms with van der Waals surface area (Å²) in [4.78, 5) is 25.2. The van der Waals surface area contributed by atoms with Crippen LogP contribution in [0.1, 0.15) is 22.8 Å². The number of aromatic nitrogens is 1. The van der Waals surface area contributed by atoms with Gasteiger partial charge in [-0.2, -0.15) is 0 Å². The SMILES string of the molecule is COC(=O)c1ccc2c(/C=C(\C)C(=O)O)c[nH]c2c1. The first-order valence-electron chi connectivity index (χ1n) is 5.64. The third-order valence-corrected chi connectivity index (χ3v) is 2.84. The Hall–Kier alpha value is -2.56. The minimum atomic E-state index is -0.958. The van der Waals surface area contributed by atoms with Crippen molar-refractivity contribution in [3.05, 3.63) is 41.1 Å². The lowest BCUT2D eigenvalue weighted by Crippen LogP contribution is -2.00. The van der Waals surface area contributed by atoms with Crippen LogP contribution < -0.4 is 0 Å². The maximum absolute atomic E-state index is 11.4. The van der Waals surface area contributed by atoms with Crippen LogP contribution in [0.15, 0.2) is 30.0 Å². The number of hydrogen-bond acceptors (Lipinski definition) is 3. The molecule has 0 aliphatic heterocycles. The van der Waals surface area contributed by atoms with E-state index in [-0.39, 0.29) is 5.57 Å². The zero-order valence-corrected chi connectivity index (χ0v) is 10.6. The van der Waals surface area contributed by atoms with Crippen molar-refractivity contribution in [2.24, 2.45) is 0 Å². The van der Waals surface area contributed by atoms with Gasteiger partial charge in [0.1, 0.15) is 0 Å². The number of rotatable bonds is 3. The van der Waals surface area contributed by atoms with Crippen LogP contribution in [-0.4, -0.2) is 29.1 Å². The Labute approximate surface area is 109 Å². The van der Waals surface area contributed by atoms with E-state index >= 15 is 0 Å². The number of carboxylic acid groups (broad SMARTS) is 1. The predicted molar refractivity (Wildman–Crippen MR) is 70.9 cm³/mol. The Kier molecular flexibility index (Phi) is 3.37. The topological polar surface area (TPSA) is 79.4 Å². The molecule has 19 heavy (non-hydrogen) atoms. The molecule has 1 aromatic heterocycles. The van der Waals surface area contributed by atoms with Crippen LogP contribution >= 0.6 is 0 Å². The molecule has 0 bridgehead atoms. The number of carboxylic acids is 1. The molecule has 0 radical (unpaired) electrons. The number of benzene rings is 1. The molecule has 0 atom stereocenters. The molecule has 5 heteroatoms. The van der Waals surface area contributed by atoms with E-state index in [1.54, 1.807) is 30.5 Å². The van der Waals surface area contributed by atoms with Gasteiger partial charge in [-0.1, -0.05) is 6.07 Å². The highest BCUT2D eigenvalue weighted by Gasteiger charge is 2.09. The first kappa shape index (κ1) is 12.9. The quantitative estimate of drug-likeness (QED) is 0.655. The Morgan fingerprint density at radius 1 is 1.37 bits per heavy atom. The van der Waals surface area contributed by atoms with Gasteiger partial charge in [0, 0.05) is 28.2 Å². The first-order chi connectivity index (χ1) is 9.02. The average Bonchev–Trinajstić information content (AvgIpc) is 2.80. The number of aromatic amines is 1. The first-order valence-corrected chi connectivity index (χ1v) is 5.64. The van der Waals surface area contributed by atoms with E-state index in [0.29, 0.717) is 5.56 Å². The van der Waals surface area contributed by atoms with Crippen LogP contribution in [-0.2, 0) is 9.53 Å². The van der Waals surface area contributed by atoms with Gasteiger partial charge in [-0.15, -0.1) is 0 Å². The number of esters is 1. The zero-order chi connectivity index (χ0) is 14.0. The number of methoxy groups -OCH3 is 1. The molecule has 1 heterocycles. The minimum Gasteiger partial charge on any atom is -0.478 e. The van der Waals surface area contributed by atoms with Gasteiger partial charge in [-0.25, -0.2) is 9.59 Å². The van der Waals surface area contributed by atoms with Crippen LogP contribution in [0, 0.1) is 0 Å². The van der Waals surface area contributed by atoms with E-state index < -0.39 is 11.9 Å². The van der Waals surface area contributed by atoms with Crippen LogP contribution in [0.25, 0.3) is 17.0 Å². The molecule has 0 saturated heterocycles. The fourth-order valence-electron chi connectivity index (χ4n) is 1.81. The number of carbonyl (C=O) groups excluding carboxylic acids is 1. The summed E-state index contributed by atoms with van der Waals surface area (Å²) in [6, 6.07) is 5.09. The van der Waals surface area contributed by atoms with Gasteiger partial charge in [0.05, 0.1) is 12.7 Å². The highest BCUT2D eigenvalue weighted by Crippen LogP contribution is 2.22. The van der Waals surface area contributed by atoms with Crippen LogP contribution in [0.4, 0.5) is 0 Å². The Morgan fingerprint density at radius 3 is 2.74 bits per heavy atom. The normalized spacial score (nSPS) is 11.6. The average molecular weight is 259 g/mol. The third kappa shape index (κ3) is 2.49. The van der Waals surface area contributed by atoms with Gasteiger partial charge in [0.25, 0.3) is 0 Å². The van der Waals surface area contributed by atoms with Crippen molar-refractivity contribution in [1.82, 2.24) is 4.98 Å². The van der Waals surface area contributed by atoms with E-state index in [4.69, 9.17) is 5.11 Å². The molecule has 1 aromatic carbocycles.